The first kappa shape index (κ1) is 10.0. The molecule has 1 unspecified atom stereocenters. The Morgan fingerprint density at radius 3 is 2.73 bits per heavy atom. The molecule has 1 aromatic rings. The molecule has 9 nitrogen and oxygen atoms in total. The molecule has 0 aromatic carbocycles. The average Bonchev–Trinajstić information content (AvgIpc) is 2.28. The Hall–Kier alpha value is -1.52. The van der Waals surface area contributed by atoms with E-state index in [2.05, 4.69) is 13.5 Å². The van der Waals surface area contributed by atoms with Gasteiger partial charge in [-0.2, -0.15) is 17.3 Å². The summed E-state index contributed by atoms with van der Waals surface area (Å²) in [7, 11) is -4.41. The lowest BCUT2D eigenvalue weighted by molar-refractivity contribution is -0.193. The highest BCUT2D eigenvalue weighted by molar-refractivity contribution is 7.82. The summed E-state index contributed by atoms with van der Waals surface area (Å²) in [5.41, 5.74) is 10.7. The Labute approximate surface area is 84.5 Å². The lowest BCUT2D eigenvalue weighted by Gasteiger charge is -2.21. The minimum absolute atomic E-state index is 0.148. The highest BCUT2D eigenvalue weighted by atomic mass is 32.3. The zero-order valence-electron chi connectivity index (χ0n) is 7.54. The molecule has 2 heterocycles. The van der Waals surface area contributed by atoms with Crippen molar-refractivity contribution < 1.29 is 21.9 Å². The van der Waals surface area contributed by atoms with Crippen molar-refractivity contribution in [2.45, 2.75) is 12.8 Å². The Morgan fingerprint density at radius 2 is 2.13 bits per heavy atom. The summed E-state index contributed by atoms with van der Waals surface area (Å²) in [5, 5.41) is 13.2. The van der Waals surface area contributed by atoms with E-state index in [0.29, 0.717) is 4.68 Å². The summed E-state index contributed by atoms with van der Waals surface area (Å²) in [5.74, 6) is -2.85. The van der Waals surface area contributed by atoms with Crippen molar-refractivity contribution >= 4 is 21.9 Å². The second-order valence-corrected chi connectivity index (χ2v) is 4.17. The van der Waals surface area contributed by atoms with E-state index >= 15 is 0 Å². The van der Waals surface area contributed by atoms with Crippen molar-refractivity contribution in [3.05, 3.63) is 0 Å². The number of nitrogen functional groups attached to an aromatic ring is 2. The second-order valence-electron chi connectivity index (χ2n) is 3.02. The monoisotopic (exact) mass is 236 g/mol. The molecule has 1 aromatic heterocycles. The van der Waals surface area contributed by atoms with Gasteiger partial charge in [0.2, 0.25) is 0 Å². The average molecular weight is 236 g/mol. The summed E-state index contributed by atoms with van der Waals surface area (Å²) in [6, 6.07) is 0. The predicted molar refractivity (Wildman–Crippen MR) is 47.6 cm³/mol. The molecule has 0 spiro atoms. The van der Waals surface area contributed by atoms with Crippen molar-refractivity contribution in [1.82, 2.24) is 9.78 Å². The molecule has 0 fully saturated rings. The van der Waals surface area contributed by atoms with E-state index in [1.54, 1.807) is 0 Å². The third-order valence-corrected chi connectivity index (χ3v) is 2.64. The van der Waals surface area contributed by atoms with E-state index in [0.717, 1.165) is 6.92 Å². The largest absolute Gasteiger partial charge is 0.454 e. The lowest BCUT2D eigenvalue weighted by atomic mass is 10.5. The van der Waals surface area contributed by atoms with Crippen LogP contribution in [0.4, 0.5) is 11.5 Å². The number of nitrogens with zero attached hydrogens (tertiary/aromatic N) is 2. The number of fused-ring (bicyclic) bond motifs is 2. The smallest absolute Gasteiger partial charge is 0.391 e. The summed E-state index contributed by atoms with van der Waals surface area (Å²) in [6.45, 7) is 1.03. The summed E-state index contributed by atoms with van der Waals surface area (Å²) in [4.78, 5) is 0. The van der Waals surface area contributed by atoms with Gasteiger partial charge in [-0.15, -0.1) is 5.10 Å². The molecule has 1 aliphatic heterocycles. The molecule has 0 saturated carbocycles. The Balaban J connectivity index is 2.72. The maximum absolute atomic E-state index is 11.1. The summed E-state index contributed by atoms with van der Waals surface area (Å²) in [6.07, 6.45) is 0. The number of nitrogens with two attached hydrogens (primary N) is 2. The van der Waals surface area contributed by atoms with E-state index < -0.39 is 22.2 Å². The number of aliphatic hydroxyl groups is 1. The van der Waals surface area contributed by atoms with E-state index in [-0.39, 0.29) is 11.5 Å². The van der Waals surface area contributed by atoms with Crippen LogP contribution in [0.25, 0.3) is 0 Å². The zero-order chi connectivity index (χ0) is 11.4. The van der Waals surface area contributed by atoms with Gasteiger partial charge >= 0.3 is 10.4 Å². The van der Waals surface area contributed by atoms with Crippen LogP contribution < -0.4 is 15.7 Å². The second kappa shape index (κ2) is 2.53. The van der Waals surface area contributed by atoms with E-state index in [4.69, 9.17) is 11.5 Å². The van der Waals surface area contributed by atoms with E-state index in [9.17, 15) is 13.5 Å². The van der Waals surface area contributed by atoms with Crippen LogP contribution in [0.3, 0.4) is 0 Å². The fourth-order valence-electron chi connectivity index (χ4n) is 1.14. The minimum atomic E-state index is -4.41. The Morgan fingerprint density at radius 1 is 1.53 bits per heavy atom. The van der Waals surface area contributed by atoms with Gasteiger partial charge in [0, 0.05) is 6.92 Å². The van der Waals surface area contributed by atoms with Gasteiger partial charge in [-0.3, -0.25) is 0 Å². The maximum Gasteiger partial charge on any atom is 0.454 e. The SMILES string of the molecule is CC1(O)OS(=O)(=O)Oc2nn1c(N)c2N. The van der Waals surface area contributed by atoms with Gasteiger partial charge in [0.05, 0.1) is 0 Å². The lowest BCUT2D eigenvalue weighted by Crippen LogP contribution is -2.37. The van der Waals surface area contributed by atoms with E-state index in [1.807, 2.05) is 0 Å². The van der Waals surface area contributed by atoms with Crippen molar-refractivity contribution in [2.75, 3.05) is 11.5 Å². The van der Waals surface area contributed by atoms with Crippen LogP contribution in [-0.4, -0.2) is 23.3 Å². The molecule has 0 saturated heterocycles. The highest BCUT2D eigenvalue weighted by Crippen LogP contribution is 2.35. The molecule has 0 amide bonds. The zero-order valence-corrected chi connectivity index (χ0v) is 8.35. The van der Waals surface area contributed by atoms with Gasteiger partial charge in [0.15, 0.2) is 5.82 Å². The van der Waals surface area contributed by atoms with Crippen LogP contribution in [0.5, 0.6) is 5.88 Å². The van der Waals surface area contributed by atoms with E-state index in [1.165, 1.54) is 0 Å². The van der Waals surface area contributed by atoms with Crippen LogP contribution in [0.1, 0.15) is 6.92 Å². The minimum Gasteiger partial charge on any atom is -0.391 e. The molecule has 2 bridgehead atoms. The van der Waals surface area contributed by atoms with Crippen molar-refractivity contribution in [1.29, 1.82) is 0 Å². The van der Waals surface area contributed by atoms with Crippen LogP contribution in [0.15, 0.2) is 0 Å². The first-order chi connectivity index (χ1) is 6.73. The molecule has 10 heteroatoms. The summed E-state index contributed by atoms with van der Waals surface area (Å²) < 4.78 is 31.5. The Kier molecular flexibility index (Phi) is 1.69. The molecule has 84 valence electrons. The van der Waals surface area contributed by atoms with Gasteiger partial charge in [0.1, 0.15) is 5.69 Å². The molecule has 0 radical (unpaired) electrons. The predicted octanol–water partition coefficient (Wildman–Crippen LogP) is -1.68. The molecule has 5 N–H and O–H groups in total. The van der Waals surface area contributed by atoms with Gasteiger partial charge in [-0.1, -0.05) is 0 Å². The van der Waals surface area contributed by atoms with Crippen molar-refractivity contribution in [3.8, 4) is 5.88 Å². The van der Waals surface area contributed by atoms with Crippen LogP contribution in [-0.2, 0) is 20.5 Å². The van der Waals surface area contributed by atoms with Crippen molar-refractivity contribution in [2.24, 2.45) is 0 Å². The maximum atomic E-state index is 11.1. The number of hydrogen-bond acceptors (Lipinski definition) is 8. The topological polar surface area (TPSA) is 143 Å². The fraction of sp³-hybridized carbons (Fsp3) is 0.400. The molecule has 1 aliphatic rings. The molecule has 2 rings (SSSR count). The van der Waals surface area contributed by atoms with Crippen LogP contribution in [0.2, 0.25) is 0 Å². The van der Waals surface area contributed by atoms with Crippen molar-refractivity contribution in [3.63, 3.8) is 0 Å². The van der Waals surface area contributed by atoms with Crippen LogP contribution in [0, 0.1) is 0 Å². The quantitative estimate of drug-likeness (QED) is 0.484. The first-order valence-electron chi connectivity index (χ1n) is 3.75. The first-order valence-corrected chi connectivity index (χ1v) is 5.08. The number of anilines is 2. The van der Waals surface area contributed by atoms with Gasteiger partial charge in [-0.05, 0) is 0 Å². The molecule has 15 heavy (non-hydrogen) atoms. The summed E-state index contributed by atoms with van der Waals surface area (Å²) >= 11 is 0. The molecule has 0 aliphatic carbocycles. The third-order valence-electron chi connectivity index (χ3n) is 1.76. The fourth-order valence-corrected chi connectivity index (χ4v) is 1.95. The van der Waals surface area contributed by atoms with Gasteiger partial charge in [0.25, 0.3) is 11.8 Å². The van der Waals surface area contributed by atoms with Crippen LogP contribution >= 0.6 is 0 Å². The Bertz CT molecular complexity index is 518. The molecular weight excluding hydrogens is 228 g/mol. The molecular formula is C5H8N4O5S. The highest BCUT2D eigenvalue weighted by Gasteiger charge is 2.41. The number of aromatic nitrogens is 2. The van der Waals surface area contributed by atoms with Gasteiger partial charge in [-0.25, -0.2) is 0 Å². The standard InChI is InChI=1S/C5H8N4O5S/c1-5(10)9-3(7)2(6)4(8-9)13-15(11,12)14-5/h10H,6-7H2,1H3. The third kappa shape index (κ3) is 1.38. The number of rotatable bonds is 0. The van der Waals surface area contributed by atoms with Gasteiger partial charge < -0.3 is 20.8 Å². The molecule has 1 atom stereocenters. The number of hydrogen-bond donors (Lipinski definition) is 3. The normalized spacial score (nSPS) is 28.1.